The molecule has 29 heavy (non-hydrogen) atoms. The molecule has 10 heteroatoms. The molecular weight excluding hydrogens is 394 g/mol. The largest absolute Gasteiger partial charge is 0.489 e. The first-order valence-electron chi connectivity index (χ1n) is 8.74. The van der Waals surface area contributed by atoms with Gasteiger partial charge in [0.1, 0.15) is 12.4 Å². The number of fused-ring (bicyclic) bond motifs is 2. The Labute approximate surface area is 162 Å². The standard InChI is InChI=1S/C19H15F4N3O3/c20-11-2-4-12(5-3-11)24-17(27)10-26-14-9-16-15(28-6-1-7-29-16)8-13(14)25-18(26)19(21,22)23/h2-5,8-9H,1,6-7,10H2,(H,24,27). The molecule has 1 N–H and O–H groups in total. The molecule has 4 rings (SSSR count). The number of halogens is 4. The number of ether oxygens (including phenoxy) is 2. The van der Waals surface area contributed by atoms with E-state index in [-0.39, 0.29) is 16.7 Å². The van der Waals surface area contributed by atoms with E-state index in [0.717, 1.165) is 16.7 Å². The summed E-state index contributed by atoms with van der Waals surface area (Å²) in [7, 11) is 0. The molecule has 1 amide bonds. The summed E-state index contributed by atoms with van der Waals surface area (Å²) < 4.78 is 65.4. The lowest BCUT2D eigenvalue weighted by atomic mass is 10.2. The molecule has 1 aliphatic rings. The molecule has 0 aliphatic carbocycles. The van der Waals surface area contributed by atoms with Crippen molar-refractivity contribution in [1.29, 1.82) is 0 Å². The summed E-state index contributed by atoms with van der Waals surface area (Å²) >= 11 is 0. The van der Waals surface area contributed by atoms with Crippen LogP contribution >= 0.6 is 0 Å². The van der Waals surface area contributed by atoms with Gasteiger partial charge in [-0.2, -0.15) is 13.2 Å². The Morgan fingerprint density at radius 3 is 2.41 bits per heavy atom. The fourth-order valence-electron chi connectivity index (χ4n) is 3.04. The van der Waals surface area contributed by atoms with Crippen LogP contribution in [0, 0.1) is 5.82 Å². The Bertz CT molecular complexity index is 1060. The average Bonchev–Trinajstić information content (AvgIpc) is 2.85. The van der Waals surface area contributed by atoms with E-state index in [9.17, 15) is 22.4 Å². The van der Waals surface area contributed by atoms with Gasteiger partial charge in [-0.1, -0.05) is 0 Å². The molecule has 1 aliphatic heterocycles. The molecular formula is C19H15F4N3O3. The summed E-state index contributed by atoms with van der Waals surface area (Å²) in [6, 6.07) is 7.67. The second kappa shape index (κ2) is 7.26. The number of anilines is 1. The molecule has 6 nitrogen and oxygen atoms in total. The zero-order chi connectivity index (χ0) is 20.6. The van der Waals surface area contributed by atoms with Gasteiger partial charge in [-0.15, -0.1) is 0 Å². The molecule has 0 saturated heterocycles. The van der Waals surface area contributed by atoms with Crippen LogP contribution in [0.15, 0.2) is 36.4 Å². The van der Waals surface area contributed by atoms with Crippen LogP contribution in [0.5, 0.6) is 11.5 Å². The highest BCUT2D eigenvalue weighted by atomic mass is 19.4. The second-order valence-corrected chi connectivity index (χ2v) is 6.41. The van der Waals surface area contributed by atoms with Gasteiger partial charge in [-0.3, -0.25) is 4.79 Å². The summed E-state index contributed by atoms with van der Waals surface area (Å²) in [6.45, 7) is 0.109. The number of alkyl halides is 3. The van der Waals surface area contributed by atoms with Crippen LogP contribution in [0.3, 0.4) is 0 Å². The fourth-order valence-corrected chi connectivity index (χ4v) is 3.04. The zero-order valence-corrected chi connectivity index (χ0v) is 14.9. The van der Waals surface area contributed by atoms with Crippen LogP contribution < -0.4 is 14.8 Å². The maximum atomic E-state index is 13.5. The number of nitrogens with zero attached hydrogens (tertiary/aromatic N) is 2. The molecule has 2 heterocycles. The number of amides is 1. The van der Waals surface area contributed by atoms with Crippen molar-refractivity contribution >= 4 is 22.6 Å². The van der Waals surface area contributed by atoms with Crippen LogP contribution in [-0.4, -0.2) is 28.7 Å². The number of carbonyl (C=O) groups excluding carboxylic acids is 1. The summed E-state index contributed by atoms with van der Waals surface area (Å²) in [5.41, 5.74) is 0.395. The monoisotopic (exact) mass is 409 g/mol. The molecule has 0 atom stereocenters. The minimum Gasteiger partial charge on any atom is -0.489 e. The molecule has 0 bridgehead atoms. The minimum absolute atomic E-state index is 0.0381. The fraction of sp³-hybridized carbons (Fsp3) is 0.263. The topological polar surface area (TPSA) is 65.4 Å². The van der Waals surface area contributed by atoms with Crippen LogP contribution in [0.4, 0.5) is 23.2 Å². The van der Waals surface area contributed by atoms with Crippen LogP contribution in [0.25, 0.3) is 11.0 Å². The number of benzene rings is 2. The van der Waals surface area contributed by atoms with Gasteiger partial charge in [0.05, 0.1) is 24.2 Å². The zero-order valence-electron chi connectivity index (χ0n) is 14.9. The minimum atomic E-state index is -4.77. The van der Waals surface area contributed by atoms with E-state index in [1.807, 2.05) is 0 Å². The van der Waals surface area contributed by atoms with Crippen molar-refractivity contribution in [3.05, 3.63) is 48.0 Å². The molecule has 0 unspecified atom stereocenters. The van der Waals surface area contributed by atoms with E-state index in [2.05, 4.69) is 10.3 Å². The second-order valence-electron chi connectivity index (χ2n) is 6.41. The third-order valence-corrected chi connectivity index (χ3v) is 4.30. The molecule has 0 saturated carbocycles. The van der Waals surface area contributed by atoms with Crippen molar-refractivity contribution in [2.24, 2.45) is 0 Å². The Hall–Kier alpha value is -3.30. The predicted octanol–water partition coefficient (Wildman–Crippen LogP) is 3.99. The highest BCUT2D eigenvalue weighted by molar-refractivity contribution is 5.92. The molecule has 3 aromatic rings. The van der Waals surface area contributed by atoms with Crippen molar-refractivity contribution in [2.45, 2.75) is 19.1 Å². The average molecular weight is 409 g/mol. The number of nitrogens with one attached hydrogen (secondary N) is 1. The van der Waals surface area contributed by atoms with E-state index in [1.165, 1.54) is 24.3 Å². The smallest absolute Gasteiger partial charge is 0.449 e. The summed E-state index contributed by atoms with van der Waals surface area (Å²) in [6.07, 6.45) is -4.13. The highest BCUT2D eigenvalue weighted by Gasteiger charge is 2.38. The third kappa shape index (κ3) is 3.96. The number of aromatic nitrogens is 2. The Kier molecular flexibility index (Phi) is 4.77. The number of imidazole rings is 1. The van der Waals surface area contributed by atoms with Crippen molar-refractivity contribution in [2.75, 3.05) is 18.5 Å². The maximum Gasteiger partial charge on any atom is 0.449 e. The van der Waals surface area contributed by atoms with Crippen LogP contribution in [-0.2, 0) is 17.5 Å². The first-order valence-corrected chi connectivity index (χ1v) is 8.74. The summed E-state index contributed by atoms with van der Waals surface area (Å²) in [5.74, 6) is -1.81. The Morgan fingerprint density at radius 2 is 1.76 bits per heavy atom. The first-order chi connectivity index (χ1) is 13.8. The van der Waals surface area contributed by atoms with E-state index >= 15 is 0 Å². The Balaban J connectivity index is 1.71. The van der Waals surface area contributed by atoms with E-state index in [1.54, 1.807) is 0 Å². The lowest BCUT2D eigenvalue weighted by Crippen LogP contribution is -2.23. The predicted molar refractivity (Wildman–Crippen MR) is 95.4 cm³/mol. The maximum absolute atomic E-state index is 13.5. The van der Waals surface area contributed by atoms with Gasteiger partial charge in [0.15, 0.2) is 11.5 Å². The number of rotatable bonds is 3. The highest BCUT2D eigenvalue weighted by Crippen LogP contribution is 2.37. The van der Waals surface area contributed by atoms with E-state index in [0.29, 0.717) is 31.1 Å². The third-order valence-electron chi connectivity index (χ3n) is 4.30. The molecule has 2 aromatic carbocycles. The van der Waals surface area contributed by atoms with Crippen LogP contribution in [0.1, 0.15) is 12.2 Å². The summed E-state index contributed by atoms with van der Waals surface area (Å²) in [4.78, 5) is 16.0. The van der Waals surface area contributed by atoms with Gasteiger partial charge in [0, 0.05) is 24.2 Å². The SMILES string of the molecule is O=C(Cn1c(C(F)(F)F)nc2cc3c(cc21)OCCCO3)Nc1ccc(F)cc1. The Morgan fingerprint density at radius 1 is 1.10 bits per heavy atom. The number of hydrogen-bond acceptors (Lipinski definition) is 4. The number of carbonyl (C=O) groups is 1. The van der Waals surface area contributed by atoms with E-state index < -0.39 is 30.3 Å². The summed E-state index contributed by atoms with van der Waals surface area (Å²) in [5, 5.41) is 2.45. The van der Waals surface area contributed by atoms with Gasteiger partial charge in [0.2, 0.25) is 11.7 Å². The van der Waals surface area contributed by atoms with Gasteiger partial charge >= 0.3 is 6.18 Å². The number of hydrogen-bond donors (Lipinski definition) is 1. The van der Waals surface area contributed by atoms with Crippen molar-refractivity contribution in [1.82, 2.24) is 9.55 Å². The van der Waals surface area contributed by atoms with Crippen molar-refractivity contribution < 1.29 is 31.8 Å². The van der Waals surface area contributed by atoms with Gasteiger partial charge < -0.3 is 19.4 Å². The lowest BCUT2D eigenvalue weighted by Gasteiger charge is -2.12. The molecule has 0 radical (unpaired) electrons. The molecule has 0 fully saturated rings. The molecule has 152 valence electrons. The van der Waals surface area contributed by atoms with Gasteiger partial charge in [0.25, 0.3) is 0 Å². The van der Waals surface area contributed by atoms with E-state index in [4.69, 9.17) is 9.47 Å². The molecule has 1 aromatic heterocycles. The van der Waals surface area contributed by atoms with Gasteiger partial charge in [-0.25, -0.2) is 9.37 Å². The quantitative estimate of drug-likeness (QED) is 0.665. The first kappa shape index (κ1) is 19.0. The van der Waals surface area contributed by atoms with Crippen molar-refractivity contribution in [3.8, 4) is 11.5 Å². The molecule has 0 spiro atoms. The lowest BCUT2D eigenvalue weighted by molar-refractivity contribution is -0.147. The van der Waals surface area contributed by atoms with Crippen molar-refractivity contribution in [3.63, 3.8) is 0 Å². The van der Waals surface area contributed by atoms with Gasteiger partial charge in [-0.05, 0) is 24.3 Å². The van der Waals surface area contributed by atoms with Crippen LogP contribution in [0.2, 0.25) is 0 Å². The normalized spacial score (nSPS) is 13.9.